The van der Waals surface area contributed by atoms with Crippen molar-refractivity contribution in [1.29, 1.82) is 0 Å². The van der Waals surface area contributed by atoms with Crippen molar-refractivity contribution in [3.8, 4) is 0 Å². The van der Waals surface area contributed by atoms with Gasteiger partial charge in [0.15, 0.2) is 0 Å². The van der Waals surface area contributed by atoms with Gasteiger partial charge in [-0.1, -0.05) is 24.9 Å². The molecule has 2 N–H and O–H groups in total. The van der Waals surface area contributed by atoms with Gasteiger partial charge in [0, 0.05) is 18.4 Å². The molecule has 1 aromatic rings. The minimum atomic E-state index is -0.894. The lowest BCUT2D eigenvalue weighted by atomic mass is 10.0. The van der Waals surface area contributed by atoms with E-state index in [1.807, 2.05) is 6.92 Å². The van der Waals surface area contributed by atoms with Gasteiger partial charge in [-0.3, -0.25) is 9.78 Å². The molecule has 0 aliphatic carbocycles. The van der Waals surface area contributed by atoms with E-state index in [1.165, 1.54) is 6.20 Å². The van der Waals surface area contributed by atoms with Crippen LogP contribution in [0.3, 0.4) is 0 Å². The Balaban J connectivity index is 2.66. The molecule has 0 aliphatic rings. The van der Waals surface area contributed by atoms with Crippen LogP contribution in [0, 0.1) is 6.92 Å². The van der Waals surface area contributed by atoms with E-state index in [1.54, 1.807) is 19.9 Å². The van der Waals surface area contributed by atoms with E-state index in [2.05, 4.69) is 10.3 Å². The molecular weight excluding hydrogens is 252 g/mol. The molecule has 0 saturated heterocycles. The predicted molar refractivity (Wildman–Crippen MR) is 71.8 cm³/mol. The Labute approximate surface area is 112 Å². The van der Waals surface area contributed by atoms with Gasteiger partial charge in [0.25, 0.3) is 5.91 Å². The summed E-state index contributed by atoms with van der Waals surface area (Å²) in [5.74, 6) is -0.316. The summed E-state index contributed by atoms with van der Waals surface area (Å²) in [6.45, 7) is 5.69. The van der Waals surface area contributed by atoms with E-state index in [4.69, 9.17) is 11.6 Å². The minimum Gasteiger partial charge on any atom is -0.388 e. The number of aromatic nitrogens is 1. The molecule has 1 aromatic heterocycles. The van der Waals surface area contributed by atoms with Crippen LogP contribution in [0.5, 0.6) is 0 Å². The van der Waals surface area contributed by atoms with Gasteiger partial charge in [0.1, 0.15) is 0 Å². The molecular formula is C13H19ClN2O2. The highest BCUT2D eigenvalue weighted by molar-refractivity contribution is 6.33. The fourth-order valence-corrected chi connectivity index (χ4v) is 1.98. The largest absolute Gasteiger partial charge is 0.388 e. The van der Waals surface area contributed by atoms with Crippen LogP contribution in [0.4, 0.5) is 0 Å². The number of amides is 1. The number of hydrogen-bond donors (Lipinski definition) is 2. The SMILES string of the molecule is CCCC(C)(O)CNC(=O)c1cnc(C)cc1Cl. The number of aryl methyl sites for hydroxylation is 1. The smallest absolute Gasteiger partial charge is 0.254 e. The van der Waals surface area contributed by atoms with Crippen LogP contribution in [0.2, 0.25) is 5.02 Å². The summed E-state index contributed by atoms with van der Waals surface area (Å²) in [5.41, 5.74) is 0.193. The van der Waals surface area contributed by atoms with Crippen LogP contribution in [0.1, 0.15) is 42.7 Å². The number of nitrogens with zero attached hydrogens (tertiary/aromatic N) is 1. The zero-order chi connectivity index (χ0) is 13.8. The van der Waals surface area contributed by atoms with Crippen molar-refractivity contribution in [1.82, 2.24) is 10.3 Å². The van der Waals surface area contributed by atoms with Gasteiger partial charge in [-0.25, -0.2) is 0 Å². The molecule has 1 heterocycles. The Hall–Kier alpha value is -1.13. The predicted octanol–water partition coefficient (Wildman–Crippen LogP) is 2.32. The lowest BCUT2D eigenvalue weighted by Gasteiger charge is -2.23. The normalized spacial score (nSPS) is 14.1. The standard InChI is InChI=1S/C13H19ClN2O2/c1-4-5-13(3,18)8-16-12(17)10-7-15-9(2)6-11(10)14/h6-7,18H,4-5,8H2,1-3H3,(H,16,17). The lowest BCUT2D eigenvalue weighted by molar-refractivity contribution is 0.0469. The number of aliphatic hydroxyl groups is 1. The molecule has 0 radical (unpaired) electrons. The first-order valence-electron chi connectivity index (χ1n) is 5.98. The fourth-order valence-electron chi connectivity index (χ4n) is 1.69. The monoisotopic (exact) mass is 270 g/mol. The highest BCUT2D eigenvalue weighted by Crippen LogP contribution is 2.16. The average molecular weight is 271 g/mol. The van der Waals surface area contributed by atoms with E-state index in [0.29, 0.717) is 17.0 Å². The summed E-state index contributed by atoms with van der Waals surface area (Å²) < 4.78 is 0. The second-order valence-electron chi connectivity index (χ2n) is 4.74. The van der Waals surface area contributed by atoms with Crippen LogP contribution < -0.4 is 5.32 Å². The maximum atomic E-state index is 11.9. The Morgan fingerprint density at radius 3 is 2.83 bits per heavy atom. The number of carbonyl (C=O) groups is 1. The van der Waals surface area contributed by atoms with E-state index >= 15 is 0 Å². The third-order valence-electron chi connectivity index (χ3n) is 2.65. The molecule has 0 aromatic carbocycles. The highest BCUT2D eigenvalue weighted by atomic mass is 35.5. The zero-order valence-corrected chi connectivity index (χ0v) is 11.7. The van der Waals surface area contributed by atoms with Gasteiger partial charge in [0.05, 0.1) is 16.2 Å². The first kappa shape index (κ1) is 14.9. The van der Waals surface area contributed by atoms with Gasteiger partial charge in [-0.2, -0.15) is 0 Å². The number of halogens is 1. The van der Waals surface area contributed by atoms with E-state index in [0.717, 1.165) is 12.1 Å². The lowest BCUT2D eigenvalue weighted by Crippen LogP contribution is -2.40. The second-order valence-corrected chi connectivity index (χ2v) is 5.14. The molecule has 0 bridgehead atoms. The third-order valence-corrected chi connectivity index (χ3v) is 2.97. The second kappa shape index (κ2) is 6.16. The van der Waals surface area contributed by atoms with Crippen molar-refractivity contribution < 1.29 is 9.90 Å². The molecule has 0 aliphatic heterocycles. The van der Waals surface area contributed by atoms with Crippen LogP contribution in [0.15, 0.2) is 12.3 Å². The molecule has 1 atom stereocenters. The zero-order valence-electron chi connectivity index (χ0n) is 11.0. The fraction of sp³-hybridized carbons (Fsp3) is 0.538. The molecule has 5 heteroatoms. The van der Waals surface area contributed by atoms with Crippen LogP contribution in [0.25, 0.3) is 0 Å². The summed E-state index contributed by atoms with van der Waals surface area (Å²) in [5, 5.41) is 13.0. The Kier molecular flexibility index (Phi) is 5.11. The molecule has 0 saturated carbocycles. The highest BCUT2D eigenvalue weighted by Gasteiger charge is 2.21. The van der Waals surface area contributed by atoms with Crippen LogP contribution in [-0.2, 0) is 0 Å². The maximum Gasteiger partial charge on any atom is 0.254 e. The summed E-state index contributed by atoms with van der Waals surface area (Å²) >= 11 is 5.97. The van der Waals surface area contributed by atoms with Gasteiger partial charge >= 0.3 is 0 Å². The Morgan fingerprint density at radius 2 is 2.28 bits per heavy atom. The summed E-state index contributed by atoms with van der Waals surface area (Å²) in [6.07, 6.45) is 2.93. The summed E-state index contributed by atoms with van der Waals surface area (Å²) in [7, 11) is 0. The van der Waals surface area contributed by atoms with Crippen molar-refractivity contribution in [3.05, 3.63) is 28.5 Å². The van der Waals surface area contributed by atoms with Gasteiger partial charge in [0.2, 0.25) is 0 Å². The third kappa shape index (κ3) is 4.27. The van der Waals surface area contributed by atoms with Gasteiger partial charge in [-0.05, 0) is 26.3 Å². The van der Waals surface area contributed by atoms with Crippen LogP contribution in [-0.4, -0.2) is 28.1 Å². The van der Waals surface area contributed by atoms with E-state index in [-0.39, 0.29) is 12.5 Å². The van der Waals surface area contributed by atoms with Crippen LogP contribution >= 0.6 is 11.6 Å². The molecule has 0 fully saturated rings. The summed E-state index contributed by atoms with van der Waals surface area (Å²) in [4.78, 5) is 15.9. The topological polar surface area (TPSA) is 62.2 Å². The van der Waals surface area contributed by atoms with Gasteiger partial charge in [-0.15, -0.1) is 0 Å². The van der Waals surface area contributed by atoms with E-state index in [9.17, 15) is 9.90 Å². The minimum absolute atomic E-state index is 0.198. The first-order chi connectivity index (χ1) is 8.35. The molecule has 100 valence electrons. The Morgan fingerprint density at radius 1 is 1.61 bits per heavy atom. The maximum absolute atomic E-state index is 11.9. The van der Waals surface area contributed by atoms with Crippen molar-refractivity contribution in [2.75, 3.05) is 6.54 Å². The number of nitrogens with one attached hydrogen (secondary N) is 1. The quantitative estimate of drug-likeness (QED) is 0.863. The molecule has 4 nitrogen and oxygen atoms in total. The molecule has 18 heavy (non-hydrogen) atoms. The van der Waals surface area contributed by atoms with Gasteiger partial charge < -0.3 is 10.4 Å². The molecule has 1 unspecified atom stereocenters. The van der Waals surface area contributed by atoms with E-state index < -0.39 is 5.60 Å². The number of pyridine rings is 1. The summed E-state index contributed by atoms with van der Waals surface area (Å²) in [6, 6.07) is 1.64. The average Bonchev–Trinajstić information content (AvgIpc) is 2.26. The molecule has 1 rings (SSSR count). The number of rotatable bonds is 5. The van der Waals surface area contributed by atoms with Crippen molar-refractivity contribution in [3.63, 3.8) is 0 Å². The van der Waals surface area contributed by atoms with Crippen molar-refractivity contribution in [2.45, 2.75) is 39.2 Å². The number of carbonyl (C=O) groups excluding carboxylic acids is 1. The van der Waals surface area contributed by atoms with Crippen molar-refractivity contribution in [2.24, 2.45) is 0 Å². The molecule has 1 amide bonds. The number of hydrogen-bond acceptors (Lipinski definition) is 3. The Bertz CT molecular complexity index is 433. The molecule has 0 spiro atoms. The van der Waals surface area contributed by atoms with Crippen molar-refractivity contribution >= 4 is 17.5 Å². The first-order valence-corrected chi connectivity index (χ1v) is 6.36.